The molecule has 0 radical (unpaired) electrons. The minimum Gasteiger partial charge on any atom is -0.375 e. The summed E-state index contributed by atoms with van der Waals surface area (Å²) < 4.78 is 49.4. The molecule has 0 aliphatic carbocycles. The average Bonchev–Trinajstić information content (AvgIpc) is 3.33. The molecule has 9 heteroatoms. The molecule has 2 unspecified atom stereocenters. The van der Waals surface area contributed by atoms with E-state index < -0.39 is 17.3 Å². The highest BCUT2D eigenvalue weighted by atomic mass is 19.4. The molecule has 5 rings (SSSR count). The Balaban J connectivity index is 1.18. The zero-order chi connectivity index (χ0) is 23.2. The van der Waals surface area contributed by atoms with Crippen LogP contribution in [0.15, 0.2) is 48.5 Å². The predicted molar refractivity (Wildman–Crippen MR) is 117 cm³/mol. The van der Waals surface area contributed by atoms with Gasteiger partial charge in [-0.05, 0) is 42.0 Å². The van der Waals surface area contributed by atoms with E-state index in [4.69, 9.17) is 9.47 Å². The number of likely N-dealkylation sites (tertiary alicyclic amines) is 1. The number of rotatable bonds is 4. The van der Waals surface area contributed by atoms with E-state index in [1.54, 1.807) is 7.11 Å². The Morgan fingerprint density at radius 2 is 1.73 bits per heavy atom. The van der Waals surface area contributed by atoms with Gasteiger partial charge in [-0.2, -0.15) is 13.2 Å². The molecule has 3 saturated heterocycles. The van der Waals surface area contributed by atoms with Gasteiger partial charge in [0.2, 0.25) is 0 Å². The summed E-state index contributed by atoms with van der Waals surface area (Å²) in [4.78, 5) is 16.8. The second kappa shape index (κ2) is 8.22. The third kappa shape index (κ3) is 4.15. The first kappa shape index (κ1) is 22.0. The lowest BCUT2D eigenvalue weighted by Crippen LogP contribution is -2.48. The van der Waals surface area contributed by atoms with E-state index in [1.807, 2.05) is 29.2 Å². The Morgan fingerprint density at radius 1 is 1.06 bits per heavy atom. The number of alkyl halides is 3. The fourth-order valence-electron chi connectivity index (χ4n) is 5.00. The van der Waals surface area contributed by atoms with Crippen LogP contribution in [0, 0.1) is 11.8 Å². The smallest absolute Gasteiger partial charge is 0.375 e. The number of nitrogens with one attached hydrogen (secondary N) is 1. The van der Waals surface area contributed by atoms with E-state index in [9.17, 15) is 18.0 Å². The van der Waals surface area contributed by atoms with Crippen molar-refractivity contribution in [3.05, 3.63) is 59.7 Å². The van der Waals surface area contributed by atoms with Crippen LogP contribution < -0.4 is 10.2 Å². The van der Waals surface area contributed by atoms with Crippen molar-refractivity contribution in [1.82, 2.24) is 4.90 Å². The van der Waals surface area contributed by atoms with Gasteiger partial charge in [-0.1, -0.05) is 12.1 Å². The Labute approximate surface area is 190 Å². The van der Waals surface area contributed by atoms with E-state index in [0.29, 0.717) is 43.8 Å². The van der Waals surface area contributed by atoms with Gasteiger partial charge in [-0.25, -0.2) is 4.79 Å². The summed E-state index contributed by atoms with van der Waals surface area (Å²) in [5.41, 5.74) is 1.38. The van der Waals surface area contributed by atoms with Crippen LogP contribution in [0.1, 0.15) is 11.1 Å². The van der Waals surface area contributed by atoms with Crippen LogP contribution in [0.25, 0.3) is 0 Å². The molecule has 0 spiro atoms. The summed E-state index contributed by atoms with van der Waals surface area (Å²) in [5, 5.41) is 2.99. The zero-order valence-electron chi connectivity index (χ0n) is 18.3. The molecule has 3 aliphatic rings. The molecule has 3 heterocycles. The lowest BCUT2D eigenvalue weighted by molar-refractivity contribution is -0.202. The maximum atomic E-state index is 12.9. The summed E-state index contributed by atoms with van der Waals surface area (Å²) in [6.07, 6.45) is -4.33. The summed E-state index contributed by atoms with van der Waals surface area (Å²) in [6.45, 7) is 3.70. The van der Waals surface area contributed by atoms with E-state index in [1.165, 1.54) is 12.1 Å². The minimum atomic E-state index is -4.33. The summed E-state index contributed by atoms with van der Waals surface area (Å²) in [7, 11) is 1.66. The van der Waals surface area contributed by atoms with Gasteiger partial charge in [0.15, 0.2) is 0 Å². The van der Waals surface area contributed by atoms with E-state index in [-0.39, 0.29) is 6.03 Å². The number of urea groups is 1. The topological polar surface area (TPSA) is 54.0 Å². The molecular weight excluding hydrogens is 435 g/mol. The van der Waals surface area contributed by atoms with E-state index in [0.717, 1.165) is 36.5 Å². The summed E-state index contributed by atoms with van der Waals surface area (Å²) in [6, 6.07) is 12.8. The Hall–Kier alpha value is -2.78. The fraction of sp³-hybridized carbons (Fsp3) is 0.458. The number of halogens is 3. The lowest BCUT2D eigenvalue weighted by Gasteiger charge is -2.40. The number of carbonyl (C=O) groups is 1. The largest absolute Gasteiger partial charge is 0.416 e. The third-order valence-corrected chi connectivity index (χ3v) is 7.03. The lowest BCUT2D eigenvalue weighted by atomic mass is 9.91. The molecule has 2 aromatic carbocycles. The maximum Gasteiger partial charge on any atom is 0.416 e. The van der Waals surface area contributed by atoms with Gasteiger partial charge >= 0.3 is 12.2 Å². The number of hydrogen-bond donors (Lipinski definition) is 1. The monoisotopic (exact) mass is 461 g/mol. The van der Waals surface area contributed by atoms with Crippen molar-refractivity contribution in [3.8, 4) is 0 Å². The van der Waals surface area contributed by atoms with Crippen molar-refractivity contribution in [1.29, 1.82) is 0 Å². The van der Waals surface area contributed by atoms with Crippen LogP contribution in [0.4, 0.5) is 29.3 Å². The first-order valence-electron chi connectivity index (χ1n) is 11.0. The van der Waals surface area contributed by atoms with Crippen LogP contribution >= 0.6 is 0 Å². The van der Waals surface area contributed by atoms with Gasteiger partial charge in [0, 0.05) is 56.5 Å². The zero-order valence-corrected chi connectivity index (χ0v) is 18.3. The average molecular weight is 461 g/mol. The van der Waals surface area contributed by atoms with Gasteiger partial charge in [-0.15, -0.1) is 0 Å². The minimum absolute atomic E-state index is 0.140. The number of carbonyl (C=O) groups excluding carboxylic acids is 1. The number of amides is 2. The number of methoxy groups -OCH3 is 1. The molecule has 2 aromatic rings. The second-order valence-corrected chi connectivity index (χ2v) is 9.08. The molecule has 33 heavy (non-hydrogen) atoms. The first-order valence-corrected chi connectivity index (χ1v) is 11.0. The predicted octanol–water partition coefficient (Wildman–Crippen LogP) is 4.18. The van der Waals surface area contributed by atoms with Gasteiger partial charge in [0.25, 0.3) is 0 Å². The SMILES string of the molecule is COC1(c2cccc(NC(=O)N3CC4CN(c5ccc(C(F)(F)F)cc5)CC4C3)c2)COC1. The molecular formula is C24H26F3N3O3. The van der Waals surface area contributed by atoms with Gasteiger partial charge in [0.1, 0.15) is 5.60 Å². The van der Waals surface area contributed by atoms with E-state index in [2.05, 4.69) is 10.2 Å². The van der Waals surface area contributed by atoms with Crippen molar-refractivity contribution in [2.75, 3.05) is 56.7 Å². The Kier molecular flexibility index (Phi) is 5.49. The van der Waals surface area contributed by atoms with Crippen LogP contribution in [0.2, 0.25) is 0 Å². The number of hydrogen-bond acceptors (Lipinski definition) is 4. The molecule has 6 nitrogen and oxygen atoms in total. The van der Waals surface area contributed by atoms with E-state index >= 15 is 0 Å². The summed E-state index contributed by atoms with van der Waals surface area (Å²) >= 11 is 0. The standard InChI is InChI=1S/C24H26F3N3O3/c1-32-23(14-33-15-23)19-3-2-4-20(9-19)28-22(31)30-12-16-10-29(11-17(16)13-30)21-7-5-18(6-8-21)24(25,26)27/h2-9,16-17H,10-15H2,1H3,(H,28,31). The van der Waals surface area contributed by atoms with Gasteiger partial charge in [-0.3, -0.25) is 0 Å². The highest BCUT2D eigenvalue weighted by Gasteiger charge is 2.43. The fourth-order valence-corrected chi connectivity index (χ4v) is 5.00. The molecule has 3 aliphatic heterocycles. The number of ether oxygens (including phenoxy) is 2. The second-order valence-electron chi connectivity index (χ2n) is 9.08. The van der Waals surface area contributed by atoms with Crippen LogP contribution in [-0.4, -0.2) is 57.4 Å². The molecule has 0 bridgehead atoms. The first-order chi connectivity index (χ1) is 15.8. The summed E-state index contributed by atoms with van der Waals surface area (Å²) in [5.74, 6) is 0.599. The Bertz CT molecular complexity index is 1000. The molecule has 0 saturated carbocycles. The highest BCUT2D eigenvalue weighted by molar-refractivity contribution is 5.89. The molecule has 2 amide bonds. The molecule has 0 aromatic heterocycles. The maximum absolute atomic E-state index is 12.9. The molecule has 176 valence electrons. The third-order valence-electron chi connectivity index (χ3n) is 7.03. The van der Waals surface area contributed by atoms with Gasteiger partial charge in [0.05, 0.1) is 18.8 Å². The van der Waals surface area contributed by atoms with Crippen molar-refractivity contribution in [2.24, 2.45) is 11.8 Å². The highest BCUT2D eigenvalue weighted by Crippen LogP contribution is 2.37. The molecule has 1 N–H and O–H groups in total. The van der Waals surface area contributed by atoms with Crippen LogP contribution in [0.5, 0.6) is 0 Å². The van der Waals surface area contributed by atoms with Crippen molar-refractivity contribution < 1.29 is 27.4 Å². The molecule has 3 fully saturated rings. The number of benzene rings is 2. The van der Waals surface area contributed by atoms with Crippen LogP contribution in [-0.2, 0) is 21.3 Å². The van der Waals surface area contributed by atoms with Crippen LogP contribution in [0.3, 0.4) is 0 Å². The number of fused-ring (bicyclic) bond motifs is 1. The molecule has 2 atom stereocenters. The number of anilines is 2. The normalized spacial score (nSPS) is 23.9. The van der Waals surface area contributed by atoms with Gasteiger partial charge < -0.3 is 24.6 Å². The van der Waals surface area contributed by atoms with Crippen molar-refractivity contribution >= 4 is 17.4 Å². The Morgan fingerprint density at radius 3 is 2.27 bits per heavy atom. The van der Waals surface area contributed by atoms with Crippen molar-refractivity contribution in [3.63, 3.8) is 0 Å². The quantitative estimate of drug-likeness (QED) is 0.743. The van der Waals surface area contributed by atoms with Crippen molar-refractivity contribution in [2.45, 2.75) is 11.8 Å². The number of nitrogens with zero attached hydrogens (tertiary/aromatic N) is 2.